The summed E-state index contributed by atoms with van der Waals surface area (Å²) in [7, 11) is 0. The molecule has 0 amide bonds. The zero-order chi connectivity index (χ0) is 55.8. The Hall–Kier alpha value is -6.06. The van der Waals surface area contributed by atoms with E-state index in [1.165, 1.54) is 154 Å². The van der Waals surface area contributed by atoms with Crippen LogP contribution in [0.25, 0.3) is 33.1 Å². The topological polar surface area (TPSA) is 19.6 Å². The molecule has 1 aromatic heterocycles. The summed E-state index contributed by atoms with van der Waals surface area (Å²) >= 11 is 0. The number of fused-ring (bicyclic) bond motifs is 6. The molecule has 3 heteroatoms. The summed E-state index contributed by atoms with van der Waals surface area (Å²) in [4.78, 5) is 5.24. The van der Waals surface area contributed by atoms with Crippen LogP contribution in [0.2, 0.25) is 0 Å². The Balaban J connectivity index is 1.14. The third kappa shape index (κ3) is 9.45. The average Bonchev–Trinajstić information content (AvgIpc) is 4.07. The van der Waals surface area contributed by atoms with Crippen molar-refractivity contribution >= 4 is 56.1 Å². The Morgan fingerprint density at radius 3 is 1.41 bits per heavy atom. The van der Waals surface area contributed by atoms with E-state index >= 15 is 0 Å². The molecule has 410 valence electrons. The first-order valence-electron chi connectivity index (χ1n) is 30.5. The second kappa shape index (κ2) is 18.8. The molecule has 0 unspecified atom stereocenters. The highest BCUT2D eigenvalue weighted by Gasteiger charge is 2.41. The standard InChI is InChI=1S/C76H90N2O/c1-70(2,3)52-26-33-67(59(42-52)50-24-20-17-21-25-50)78(55-27-30-58-60-47-65-66(48-69(60)79-68(58)46-55)76(14,15)39-38-75(65,12)13)57-41-51(49-22-18-16-19-23-49)40-56(43-57)77(53-28-31-61-63(44-53)73(8,9)36-34-71(61,4)5)54-29-32-62-64(45-54)74(10,11)37-35-72(62,6)7/h17,20-21,24-33,40-49H,16,18-19,22-23,34-39H2,1-15H3. The predicted molar refractivity (Wildman–Crippen MR) is 339 cm³/mol. The Labute approximate surface area is 475 Å². The molecule has 12 rings (SSSR count). The number of benzene rings is 7. The molecular formula is C76H90N2O. The first-order valence-corrected chi connectivity index (χ1v) is 30.5. The van der Waals surface area contributed by atoms with Crippen molar-refractivity contribution < 1.29 is 4.42 Å². The highest BCUT2D eigenvalue weighted by molar-refractivity contribution is 6.07. The van der Waals surface area contributed by atoms with Gasteiger partial charge in [-0.2, -0.15) is 0 Å². The Kier molecular flexibility index (Phi) is 12.7. The average molecular weight is 1050 g/mol. The second-order valence-electron chi connectivity index (χ2n) is 30.1. The normalized spacial score (nSPS) is 19.8. The first kappa shape index (κ1) is 53.6. The number of hydrogen-bond acceptors (Lipinski definition) is 3. The molecule has 4 aliphatic rings. The second-order valence-corrected chi connectivity index (χ2v) is 30.1. The van der Waals surface area contributed by atoms with Gasteiger partial charge in [0.15, 0.2) is 0 Å². The van der Waals surface area contributed by atoms with Crippen LogP contribution in [0, 0.1) is 0 Å². The smallest absolute Gasteiger partial charge is 0.137 e. The van der Waals surface area contributed by atoms with E-state index < -0.39 is 0 Å². The summed E-state index contributed by atoms with van der Waals surface area (Å²) in [6.07, 6.45) is 13.3. The van der Waals surface area contributed by atoms with Gasteiger partial charge in [-0.05, 0) is 224 Å². The van der Waals surface area contributed by atoms with E-state index in [-0.39, 0.29) is 37.9 Å². The van der Waals surface area contributed by atoms with Crippen LogP contribution in [0.15, 0.2) is 138 Å². The van der Waals surface area contributed by atoms with Crippen molar-refractivity contribution in [1.82, 2.24) is 0 Å². The lowest BCUT2D eigenvalue weighted by Gasteiger charge is -2.43. The van der Waals surface area contributed by atoms with Gasteiger partial charge in [-0.25, -0.2) is 0 Å². The maximum atomic E-state index is 7.14. The fraction of sp³-hybridized carbons (Fsp3) is 0.447. The van der Waals surface area contributed by atoms with E-state index in [2.05, 4.69) is 247 Å². The van der Waals surface area contributed by atoms with Crippen molar-refractivity contribution in [3.8, 4) is 11.1 Å². The fourth-order valence-corrected chi connectivity index (χ4v) is 14.9. The molecule has 1 fully saturated rings. The van der Waals surface area contributed by atoms with Gasteiger partial charge in [-0.15, -0.1) is 0 Å². The number of anilines is 6. The largest absolute Gasteiger partial charge is 0.456 e. The summed E-state index contributed by atoms with van der Waals surface area (Å²) < 4.78 is 7.14. The van der Waals surface area contributed by atoms with Crippen LogP contribution < -0.4 is 9.80 Å². The van der Waals surface area contributed by atoms with Gasteiger partial charge in [0.25, 0.3) is 0 Å². The molecule has 0 spiro atoms. The number of hydrogen-bond donors (Lipinski definition) is 0. The van der Waals surface area contributed by atoms with Gasteiger partial charge in [-0.1, -0.05) is 172 Å². The van der Waals surface area contributed by atoms with Crippen molar-refractivity contribution in [2.45, 2.75) is 218 Å². The SMILES string of the molecule is CC(C)(C)c1ccc(N(c2cc(C3CCCCC3)cc(N(c3ccc4c(c3)C(C)(C)CCC4(C)C)c3ccc4c(c3)C(C)(C)CCC4(C)C)c2)c2ccc3c(c2)oc2cc4c(cc23)C(C)(C)CCC4(C)C)c(-c2ccccc2)c1. The molecule has 0 aliphatic heterocycles. The number of nitrogens with zero attached hydrogens (tertiary/aromatic N) is 2. The zero-order valence-corrected chi connectivity index (χ0v) is 50.9. The summed E-state index contributed by atoms with van der Waals surface area (Å²) in [5.74, 6) is 0.455. The molecule has 1 heterocycles. The lowest BCUT2D eigenvalue weighted by molar-refractivity contribution is 0.332. The highest BCUT2D eigenvalue weighted by atomic mass is 16.3. The Morgan fingerprint density at radius 1 is 0.392 bits per heavy atom. The van der Waals surface area contributed by atoms with E-state index in [4.69, 9.17) is 4.42 Å². The van der Waals surface area contributed by atoms with Crippen LogP contribution >= 0.6 is 0 Å². The van der Waals surface area contributed by atoms with Crippen LogP contribution in [0.4, 0.5) is 34.1 Å². The van der Waals surface area contributed by atoms with Gasteiger partial charge in [0.05, 0.1) is 5.69 Å². The molecular weight excluding hydrogens is 957 g/mol. The molecule has 0 atom stereocenters. The third-order valence-corrected chi connectivity index (χ3v) is 20.6. The lowest BCUT2D eigenvalue weighted by atomic mass is 9.63. The van der Waals surface area contributed by atoms with E-state index in [1.807, 2.05) is 0 Å². The van der Waals surface area contributed by atoms with Gasteiger partial charge in [-0.3, -0.25) is 0 Å². The monoisotopic (exact) mass is 1050 g/mol. The van der Waals surface area contributed by atoms with Crippen LogP contribution in [0.3, 0.4) is 0 Å². The van der Waals surface area contributed by atoms with Crippen molar-refractivity contribution in [2.24, 2.45) is 0 Å². The Morgan fingerprint density at radius 2 is 0.861 bits per heavy atom. The maximum absolute atomic E-state index is 7.14. The zero-order valence-electron chi connectivity index (χ0n) is 50.9. The van der Waals surface area contributed by atoms with E-state index in [9.17, 15) is 0 Å². The van der Waals surface area contributed by atoms with Crippen LogP contribution in [-0.4, -0.2) is 0 Å². The summed E-state index contributed by atoms with van der Waals surface area (Å²) in [6.45, 7) is 36.4. The minimum Gasteiger partial charge on any atom is -0.456 e. The summed E-state index contributed by atoms with van der Waals surface area (Å²) in [6, 6.07) is 53.1. The molecule has 4 aliphatic carbocycles. The molecule has 0 saturated heterocycles. The highest BCUT2D eigenvalue weighted by Crippen LogP contribution is 2.54. The molecule has 0 bridgehead atoms. The van der Waals surface area contributed by atoms with Gasteiger partial charge < -0.3 is 14.2 Å². The molecule has 1 saturated carbocycles. The molecule has 79 heavy (non-hydrogen) atoms. The van der Waals surface area contributed by atoms with E-state index in [0.29, 0.717) is 5.92 Å². The molecule has 3 nitrogen and oxygen atoms in total. The molecule has 0 radical (unpaired) electrons. The van der Waals surface area contributed by atoms with Crippen molar-refractivity contribution in [2.75, 3.05) is 9.80 Å². The Bertz CT molecular complexity index is 3580. The number of rotatable bonds is 8. The third-order valence-electron chi connectivity index (χ3n) is 20.6. The van der Waals surface area contributed by atoms with E-state index in [0.717, 1.165) is 28.2 Å². The van der Waals surface area contributed by atoms with Crippen LogP contribution in [0.1, 0.15) is 225 Å². The van der Waals surface area contributed by atoms with Crippen molar-refractivity contribution in [1.29, 1.82) is 0 Å². The van der Waals surface area contributed by atoms with Gasteiger partial charge in [0.2, 0.25) is 0 Å². The maximum Gasteiger partial charge on any atom is 0.137 e. The van der Waals surface area contributed by atoms with Crippen LogP contribution in [0.5, 0.6) is 0 Å². The fourth-order valence-electron chi connectivity index (χ4n) is 14.9. The van der Waals surface area contributed by atoms with Crippen molar-refractivity contribution in [3.05, 3.63) is 178 Å². The minimum absolute atomic E-state index is 0.0474. The van der Waals surface area contributed by atoms with E-state index in [1.54, 1.807) is 0 Å². The molecule has 7 aromatic carbocycles. The van der Waals surface area contributed by atoms with Crippen molar-refractivity contribution in [3.63, 3.8) is 0 Å². The lowest BCUT2D eigenvalue weighted by Crippen LogP contribution is -2.34. The van der Waals surface area contributed by atoms with Crippen LogP contribution in [-0.2, 0) is 37.9 Å². The van der Waals surface area contributed by atoms with Gasteiger partial charge >= 0.3 is 0 Å². The predicted octanol–water partition coefficient (Wildman–Crippen LogP) is 22.6. The summed E-state index contributed by atoms with van der Waals surface area (Å²) in [5, 5.41) is 2.38. The number of furan rings is 1. The molecule has 0 N–H and O–H groups in total. The quantitative estimate of drug-likeness (QED) is 0.151. The summed E-state index contributed by atoms with van der Waals surface area (Å²) in [5.41, 5.74) is 23.4. The first-order chi connectivity index (χ1) is 37.2. The van der Waals surface area contributed by atoms with Gasteiger partial charge in [0.1, 0.15) is 11.2 Å². The minimum atomic E-state index is -0.0474. The molecule has 8 aromatic rings. The van der Waals surface area contributed by atoms with Gasteiger partial charge in [0, 0.05) is 50.8 Å².